The highest BCUT2D eigenvalue weighted by Gasteiger charge is 2.23. The zero-order chi connectivity index (χ0) is 10.2. The van der Waals surface area contributed by atoms with Gasteiger partial charge in [0, 0.05) is 25.0 Å². The van der Waals surface area contributed by atoms with Crippen molar-refractivity contribution in [2.24, 2.45) is 5.41 Å². The highest BCUT2D eigenvalue weighted by Crippen LogP contribution is 2.25. The van der Waals surface area contributed by atoms with Gasteiger partial charge >= 0.3 is 0 Å². The number of anilines is 1. The number of hydrogen-bond acceptors (Lipinski definition) is 2. The van der Waals surface area contributed by atoms with Crippen LogP contribution in [-0.4, -0.2) is 15.6 Å². The number of imidazole rings is 1. The van der Waals surface area contributed by atoms with Gasteiger partial charge in [0.15, 0.2) is 0 Å². The number of hydrogen-bond donors (Lipinski definition) is 1. The van der Waals surface area contributed by atoms with Crippen molar-refractivity contribution < 1.29 is 0 Å². The number of rotatable bonds is 3. The second kappa shape index (κ2) is 3.30. The summed E-state index contributed by atoms with van der Waals surface area (Å²) in [6.45, 7) is 7.75. The van der Waals surface area contributed by atoms with E-state index < -0.39 is 0 Å². The Hall–Kier alpha value is -0.990. The summed E-state index contributed by atoms with van der Waals surface area (Å²) in [5.74, 6) is 1.03. The van der Waals surface area contributed by atoms with Crippen LogP contribution < -0.4 is 5.32 Å². The molecule has 14 heavy (non-hydrogen) atoms. The number of aromatic nitrogens is 2. The first-order valence-electron chi connectivity index (χ1n) is 5.32. The molecule has 3 nitrogen and oxygen atoms in total. The van der Waals surface area contributed by atoms with E-state index in [2.05, 4.69) is 41.8 Å². The fraction of sp³-hybridized carbons (Fsp3) is 0.727. The quantitative estimate of drug-likeness (QED) is 0.799. The average Bonchev–Trinajstić information content (AvgIpc) is 2.74. The summed E-state index contributed by atoms with van der Waals surface area (Å²) in [6, 6.07) is 0.677. The second-order valence-electron chi connectivity index (χ2n) is 5.36. The van der Waals surface area contributed by atoms with Gasteiger partial charge in [-0.05, 0) is 18.3 Å². The third-order valence-electron chi connectivity index (χ3n) is 2.27. The summed E-state index contributed by atoms with van der Waals surface area (Å²) < 4.78 is 2.21. The van der Waals surface area contributed by atoms with E-state index in [1.165, 1.54) is 12.8 Å². The Bertz CT molecular complexity index is 305. The maximum atomic E-state index is 4.33. The molecule has 1 N–H and O–H groups in total. The third-order valence-corrected chi connectivity index (χ3v) is 2.27. The molecular weight excluding hydrogens is 174 g/mol. The van der Waals surface area contributed by atoms with Crippen molar-refractivity contribution in [2.45, 2.75) is 46.2 Å². The maximum absolute atomic E-state index is 4.33. The molecule has 0 amide bonds. The first kappa shape index (κ1) is 9.56. The first-order valence-corrected chi connectivity index (χ1v) is 5.32. The van der Waals surface area contributed by atoms with Crippen LogP contribution in [-0.2, 0) is 6.54 Å². The predicted octanol–water partition coefficient (Wildman–Crippen LogP) is 2.50. The Labute approximate surface area is 85.5 Å². The topological polar surface area (TPSA) is 29.9 Å². The Morgan fingerprint density at radius 2 is 2.21 bits per heavy atom. The van der Waals surface area contributed by atoms with Crippen molar-refractivity contribution in [3.63, 3.8) is 0 Å². The summed E-state index contributed by atoms with van der Waals surface area (Å²) in [5.41, 5.74) is 0.306. The van der Waals surface area contributed by atoms with Gasteiger partial charge in [-0.3, -0.25) is 0 Å². The van der Waals surface area contributed by atoms with Crippen molar-refractivity contribution in [2.75, 3.05) is 5.32 Å². The van der Waals surface area contributed by atoms with E-state index in [-0.39, 0.29) is 0 Å². The van der Waals surface area contributed by atoms with Crippen molar-refractivity contribution in [1.82, 2.24) is 9.55 Å². The van der Waals surface area contributed by atoms with E-state index in [1.807, 2.05) is 6.20 Å². The highest BCUT2D eigenvalue weighted by molar-refractivity contribution is 5.29. The molecule has 0 radical (unpaired) electrons. The van der Waals surface area contributed by atoms with Crippen LogP contribution in [0.1, 0.15) is 33.6 Å². The molecular formula is C11H19N3. The second-order valence-corrected chi connectivity index (χ2v) is 5.36. The standard InChI is InChI=1S/C11H19N3/c1-11(2,3)8-14-7-6-12-10(14)13-9-4-5-9/h6-7,9H,4-5,8H2,1-3H3,(H,12,13). The van der Waals surface area contributed by atoms with E-state index in [4.69, 9.17) is 0 Å². The molecule has 78 valence electrons. The predicted molar refractivity (Wildman–Crippen MR) is 58.3 cm³/mol. The highest BCUT2D eigenvalue weighted by atomic mass is 15.2. The van der Waals surface area contributed by atoms with E-state index in [0.29, 0.717) is 11.5 Å². The van der Waals surface area contributed by atoms with Gasteiger partial charge in [0.2, 0.25) is 5.95 Å². The molecule has 1 aromatic rings. The Balaban J connectivity index is 2.04. The van der Waals surface area contributed by atoms with E-state index in [0.717, 1.165) is 12.5 Å². The van der Waals surface area contributed by atoms with Gasteiger partial charge in [-0.2, -0.15) is 0 Å². The monoisotopic (exact) mass is 193 g/mol. The Kier molecular flexibility index (Phi) is 2.25. The smallest absolute Gasteiger partial charge is 0.203 e. The molecule has 2 rings (SSSR count). The molecule has 0 saturated heterocycles. The minimum atomic E-state index is 0.306. The lowest BCUT2D eigenvalue weighted by Crippen LogP contribution is -2.17. The van der Waals surface area contributed by atoms with Gasteiger partial charge in [0.1, 0.15) is 0 Å². The van der Waals surface area contributed by atoms with Crippen LogP contribution in [0.5, 0.6) is 0 Å². The molecule has 0 aromatic carbocycles. The lowest BCUT2D eigenvalue weighted by atomic mass is 9.97. The normalized spacial score (nSPS) is 17.1. The van der Waals surface area contributed by atoms with Crippen molar-refractivity contribution in [3.8, 4) is 0 Å². The molecule has 1 heterocycles. The van der Waals surface area contributed by atoms with Crippen LogP contribution in [0.3, 0.4) is 0 Å². The molecule has 3 heteroatoms. The molecule has 0 spiro atoms. The third kappa shape index (κ3) is 2.50. The zero-order valence-corrected chi connectivity index (χ0v) is 9.25. The lowest BCUT2D eigenvalue weighted by Gasteiger charge is -2.20. The van der Waals surface area contributed by atoms with Gasteiger partial charge in [0.25, 0.3) is 0 Å². The van der Waals surface area contributed by atoms with Crippen LogP contribution in [0.25, 0.3) is 0 Å². The molecule has 1 fully saturated rings. The minimum Gasteiger partial charge on any atom is -0.353 e. The van der Waals surface area contributed by atoms with Crippen molar-refractivity contribution in [1.29, 1.82) is 0 Å². The molecule has 1 aliphatic carbocycles. The van der Waals surface area contributed by atoms with Crippen LogP contribution >= 0.6 is 0 Å². The molecule has 0 aliphatic heterocycles. The van der Waals surface area contributed by atoms with E-state index in [1.54, 1.807) is 0 Å². The van der Waals surface area contributed by atoms with E-state index in [9.17, 15) is 0 Å². The average molecular weight is 193 g/mol. The molecule has 1 aliphatic rings. The van der Waals surface area contributed by atoms with Crippen molar-refractivity contribution in [3.05, 3.63) is 12.4 Å². The van der Waals surface area contributed by atoms with Gasteiger partial charge in [-0.1, -0.05) is 20.8 Å². The summed E-state index contributed by atoms with van der Waals surface area (Å²) >= 11 is 0. The van der Waals surface area contributed by atoms with Crippen molar-refractivity contribution >= 4 is 5.95 Å². The fourth-order valence-electron chi connectivity index (χ4n) is 1.50. The summed E-state index contributed by atoms with van der Waals surface area (Å²) in [4.78, 5) is 4.33. The number of nitrogens with one attached hydrogen (secondary N) is 1. The lowest BCUT2D eigenvalue weighted by molar-refractivity contribution is 0.345. The minimum absolute atomic E-state index is 0.306. The van der Waals surface area contributed by atoms with E-state index >= 15 is 0 Å². The largest absolute Gasteiger partial charge is 0.353 e. The van der Waals surface area contributed by atoms with Crippen LogP contribution in [0.4, 0.5) is 5.95 Å². The van der Waals surface area contributed by atoms with Gasteiger partial charge < -0.3 is 9.88 Å². The summed E-state index contributed by atoms with van der Waals surface area (Å²) in [7, 11) is 0. The fourth-order valence-corrected chi connectivity index (χ4v) is 1.50. The summed E-state index contributed by atoms with van der Waals surface area (Å²) in [5, 5.41) is 3.44. The Morgan fingerprint density at radius 1 is 1.50 bits per heavy atom. The van der Waals surface area contributed by atoms with Gasteiger partial charge in [-0.15, -0.1) is 0 Å². The van der Waals surface area contributed by atoms with Crippen LogP contribution in [0.2, 0.25) is 0 Å². The van der Waals surface area contributed by atoms with Crippen LogP contribution in [0.15, 0.2) is 12.4 Å². The SMILES string of the molecule is CC(C)(C)Cn1ccnc1NC1CC1. The molecule has 0 unspecified atom stereocenters. The number of nitrogens with zero attached hydrogens (tertiary/aromatic N) is 2. The van der Waals surface area contributed by atoms with Crippen LogP contribution in [0, 0.1) is 5.41 Å². The molecule has 1 aromatic heterocycles. The Morgan fingerprint density at radius 3 is 2.79 bits per heavy atom. The zero-order valence-electron chi connectivity index (χ0n) is 9.25. The van der Waals surface area contributed by atoms with Gasteiger partial charge in [-0.25, -0.2) is 4.98 Å². The molecule has 0 bridgehead atoms. The first-order chi connectivity index (χ1) is 6.54. The van der Waals surface area contributed by atoms with Gasteiger partial charge in [0.05, 0.1) is 0 Å². The maximum Gasteiger partial charge on any atom is 0.203 e. The molecule has 0 atom stereocenters. The summed E-state index contributed by atoms with van der Waals surface area (Å²) in [6.07, 6.45) is 6.51. The molecule has 1 saturated carbocycles.